The molecule has 0 aliphatic rings. The third kappa shape index (κ3) is 2.06. The highest BCUT2D eigenvalue weighted by Crippen LogP contribution is 2.29. The van der Waals surface area contributed by atoms with E-state index in [-0.39, 0.29) is 5.97 Å². The number of rotatable bonds is 2. The van der Waals surface area contributed by atoms with Crippen molar-refractivity contribution in [2.75, 3.05) is 12.8 Å². The molecule has 0 aliphatic heterocycles. The van der Waals surface area contributed by atoms with Crippen molar-refractivity contribution in [3.8, 4) is 10.4 Å². The summed E-state index contributed by atoms with van der Waals surface area (Å²) in [6.07, 6.45) is 0. The summed E-state index contributed by atoms with van der Waals surface area (Å²) >= 11 is 1.49. The lowest BCUT2D eigenvalue weighted by atomic mass is 10.1. The number of hydrogen-bond donors (Lipinski definition) is 1. The highest BCUT2D eigenvalue weighted by Gasteiger charge is 2.07. The van der Waals surface area contributed by atoms with Crippen LogP contribution in [0.25, 0.3) is 10.4 Å². The number of carbonyl (C=O) groups is 1. The molecule has 0 saturated carbocycles. The van der Waals surface area contributed by atoms with Crippen molar-refractivity contribution >= 4 is 22.3 Å². The average molecular weight is 233 g/mol. The Morgan fingerprint density at radius 1 is 1.31 bits per heavy atom. The minimum Gasteiger partial charge on any atom is -0.465 e. The van der Waals surface area contributed by atoms with Crippen molar-refractivity contribution in [1.29, 1.82) is 0 Å². The zero-order valence-corrected chi connectivity index (χ0v) is 9.58. The number of carbonyl (C=O) groups excluding carboxylic acids is 1. The molecule has 1 heterocycles. The zero-order chi connectivity index (χ0) is 11.5. The standard InChI is InChI=1S/C12H11NO2S/c1-15-12(14)9-4-2-3-8(7-9)10-5-6-11(13)16-10/h2-7H,13H2,1H3. The van der Waals surface area contributed by atoms with E-state index in [1.807, 2.05) is 24.3 Å². The van der Waals surface area contributed by atoms with Gasteiger partial charge in [0, 0.05) is 4.88 Å². The summed E-state index contributed by atoms with van der Waals surface area (Å²) in [6.45, 7) is 0. The smallest absolute Gasteiger partial charge is 0.337 e. The van der Waals surface area contributed by atoms with Gasteiger partial charge in [-0.25, -0.2) is 4.79 Å². The van der Waals surface area contributed by atoms with Crippen LogP contribution < -0.4 is 5.73 Å². The van der Waals surface area contributed by atoms with Crippen LogP contribution in [0.15, 0.2) is 36.4 Å². The van der Waals surface area contributed by atoms with Gasteiger partial charge in [-0.2, -0.15) is 0 Å². The molecule has 0 spiro atoms. The van der Waals surface area contributed by atoms with Gasteiger partial charge in [0.2, 0.25) is 0 Å². The number of methoxy groups -OCH3 is 1. The lowest BCUT2D eigenvalue weighted by Crippen LogP contribution is -2.00. The largest absolute Gasteiger partial charge is 0.465 e. The summed E-state index contributed by atoms with van der Waals surface area (Å²) in [4.78, 5) is 12.4. The lowest BCUT2D eigenvalue weighted by molar-refractivity contribution is 0.0601. The lowest BCUT2D eigenvalue weighted by Gasteiger charge is -2.01. The van der Waals surface area contributed by atoms with Gasteiger partial charge in [-0.15, -0.1) is 11.3 Å². The van der Waals surface area contributed by atoms with E-state index >= 15 is 0 Å². The van der Waals surface area contributed by atoms with Gasteiger partial charge in [0.05, 0.1) is 17.7 Å². The van der Waals surface area contributed by atoms with Crippen LogP contribution in [0, 0.1) is 0 Å². The van der Waals surface area contributed by atoms with Crippen molar-refractivity contribution in [2.45, 2.75) is 0 Å². The maximum atomic E-state index is 11.4. The van der Waals surface area contributed by atoms with E-state index in [4.69, 9.17) is 5.73 Å². The molecule has 82 valence electrons. The first-order valence-electron chi connectivity index (χ1n) is 4.75. The van der Waals surface area contributed by atoms with E-state index in [0.29, 0.717) is 5.56 Å². The number of esters is 1. The quantitative estimate of drug-likeness (QED) is 0.811. The van der Waals surface area contributed by atoms with Crippen LogP contribution in [-0.2, 0) is 4.74 Å². The Morgan fingerprint density at radius 3 is 2.75 bits per heavy atom. The summed E-state index contributed by atoms with van der Waals surface area (Å²) in [5.41, 5.74) is 7.19. The van der Waals surface area contributed by atoms with Crippen LogP contribution in [0.5, 0.6) is 0 Å². The highest BCUT2D eigenvalue weighted by molar-refractivity contribution is 7.19. The van der Waals surface area contributed by atoms with Crippen molar-refractivity contribution in [3.63, 3.8) is 0 Å². The van der Waals surface area contributed by atoms with Crippen LogP contribution in [0.1, 0.15) is 10.4 Å². The number of thiophene rings is 1. The maximum absolute atomic E-state index is 11.4. The number of benzene rings is 1. The van der Waals surface area contributed by atoms with Crippen LogP contribution in [-0.4, -0.2) is 13.1 Å². The van der Waals surface area contributed by atoms with Gasteiger partial charge in [-0.3, -0.25) is 0 Å². The van der Waals surface area contributed by atoms with E-state index in [9.17, 15) is 4.79 Å². The fraction of sp³-hybridized carbons (Fsp3) is 0.0833. The highest BCUT2D eigenvalue weighted by atomic mass is 32.1. The Labute approximate surface area is 97.5 Å². The second kappa shape index (κ2) is 4.37. The minimum atomic E-state index is -0.327. The molecule has 0 aliphatic carbocycles. The number of nitrogen functional groups attached to an aromatic ring is 1. The Bertz CT molecular complexity index is 519. The second-order valence-electron chi connectivity index (χ2n) is 3.27. The third-order valence-electron chi connectivity index (χ3n) is 2.19. The van der Waals surface area contributed by atoms with Crippen LogP contribution >= 0.6 is 11.3 Å². The molecule has 2 rings (SSSR count). The van der Waals surface area contributed by atoms with Crippen LogP contribution in [0.2, 0.25) is 0 Å². The van der Waals surface area contributed by atoms with Gasteiger partial charge in [-0.05, 0) is 29.8 Å². The number of ether oxygens (including phenoxy) is 1. The normalized spacial score (nSPS) is 10.1. The van der Waals surface area contributed by atoms with Gasteiger partial charge in [0.25, 0.3) is 0 Å². The topological polar surface area (TPSA) is 52.3 Å². The maximum Gasteiger partial charge on any atom is 0.337 e. The fourth-order valence-corrected chi connectivity index (χ4v) is 2.20. The first kappa shape index (κ1) is 10.7. The monoisotopic (exact) mass is 233 g/mol. The summed E-state index contributed by atoms with van der Waals surface area (Å²) in [6, 6.07) is 11.1. The molecular weight excluding hydrogens is 222 g/mol. The number of anilines is 1. The molecule has 1 aromatic heterocycles. The average Bonchev–Trinajstić information content (AvgIpc) is 2.75. The van der Waals surface area contributed by atoms with Gasteiger partial charge in [0.1, 0.15) is 0 Å². The zero-order valence-electron chi connectivity index (χ0n) is 8.77. The van der Waals surface area contributed by atoms with E-state index in [1.165, 1.54) is 18.4 Å². The molecule has 2 N–H and O–H groups in total. The summed E-state index contributed by atoms with van der Waals surface area (Å²) < 4.78 is 4.67. The first-order chi connectivity index (χ1) is 7.70. The van der Waals surface area contributed by atoms with Crippen molar-refractivity contribution in [2.24, 2.45) is 0 Å². The van der Waals surface area contributed by atoms with Gasteiger partial charge in [-0.1, -0.05) is 12.1 Å². The summed E-state index contributed by atoms with van der Waals surface area (Å²) in [5, 5.41) is 0.762. The Morgan fingerprint density at radius 2 is 2.12 bits per heavy atom. The van der Waals surface area contributed by atoms with E-state index < -0.39 is 0 Å². The Kier molecular flexibility index (Phi) is 2.92. The van der Waals surface area contributed by atoms with Crippen molar-refractivity contribution in [3.05, 3.63) is 42.0 Å². The molecule has 16 heavy (non-hydrogen) atoms. The fourth-order valence-electron chi connectivity index (χ4n) is 1.43. The molecule has 0 bridgehead atoms. The molecule has 0 unspecified atom stereocenters. The Hall–Kier alpha value is -1.81. The molecule has 0 saturated heterocycles. The minimum absolute atomic E-state index is 0.327. The first-order valence-corrected chi connectivity index (χ1v) is 5.56. The van der Waals surface area contributed by atoms with Crippen molar-refractivity contribution in [1.82, 2.24) is 0 Å². The molecule has 3 nitrogen and oxygen atoms in total. The van der Waals surface area contributed by atoms with Crippen LogP contribution in [0.3, 0.4) is 0 Å². The van der Waals surface area contributed by atoms with E-state index in [1.54, 1.807) is 12.1 Å². The summed E-state index contributed by atoms with van der Waals surface area (Å²) in [7, 11) is 1.37. The second-order valence-corrected chi connectivity index (χ2v) is 4.39. The third-order valence-corrected chi connectivity index (χ3v) is 3.16. The van der Waals surface area contributed by atoms with E-state index in [0.717, 1.165) is 15.4 Å². The molecule has 4 heteroatoms. The summed E-state index contributed by atoms with van der Waals surface area (Å²) in [5.74, 6) is -0.327. The SMILES string of the molecule is COC(=O)c1cccc(-c2ccc(N)s2)c1. The van der Waals surface area contributed by atoms with E-state index in [2.05, 4.69) is 4.74 Å². The predicted molar refractivity (Wildman–Crippen MR) is 65.5 cm³/mol. The molecule has 2 aromatic rings. The molecule has 1 aromatic carbocycles. The molecular formula is C12H11NO2S. The molecule has 0 atom stereocenters. The predicted octanol–water partition coefficient (Wildman–Crippen LogP) is 2.78. The van der Waals surface area contributed by atoms with Crippen LogP contribution in [0.4, 0.5) is 5.00 Å². The molecule has 0 fully saturated rings. The Balaban J connectivity index is 2.39. The molecule has 0 radical (unpaired) electrons. The molecule has 0 amide bonds. The van der Waals surface area contributed by atoms with Gasteiger partial charge >= 0.3 is 5.97 Å². The van der Waals surface area contributed by atoms with Crippen molar-refractivity contribution < 1.29 is 9.53 Å². The van der Waals surface area contributed by atoms with Gasteiger partial charge in [0.15, 0.2) is 0 Å². The number of nitrogens with two attached hydrogens (primary N) is 1. The number of hydrogen-bond acceptors (Lipinski definition) is 4. The van der Waals surface area contributed by atoms with Gasteiger partial charge < -0.3 is 10.5 Å².